The molecule has 0 fully saturated rings. The van der Waals surface area contributed by atoms with Crippen LogP contribution in [0, 0.1) is 6.92 Å². The van der Waals surface area contributed by atoms with E-state index in [1.807, 2.05) is 6.07 Å². The van der Waals surface area contributed by atoms with Crippen molar-refractivity contribution in [3.8, 4) is 22.7 Å². The molecular weight excluding hydrogens is 348 g/mol. The summed E-state index contributed by atoms with van der Waals surface area (Å²) in [7, 11) is 1.76. The minimum atomic E-state index is -0.198. The number of amides is 1. The maximum Gasteiger partial charge on any atom is 0.258 e. The molecule has 0 aromatic carbocycles. The van der Waals surface area contributed by atoms with Gasteiger partial charge in [0.15, 0.2) is 5.82 Å². The van der Waals surface area contributed by atoms with Crippen molar-refractivity contribution in [2.45, 2.75) is 13.5 Å². The second kappa shape index (κ2) is 6.83. The van der Waals surface area contributed by atoms with Crippen LogP contribution in [0.15, 0.2) is 47.5 Å². The number of hydrogen-bond acceptors (Lipinski definition) is 7. The Morgan fingerprint density at radius 1 is 1.22 bits per heavy atom. The number of carbonyl (C=O) groups is 1. The van der Waals surface area contributed by atoms with Crippen LogP contribution in [0.4, 0.5) is 5.82 Å². The van der Waals surface area contributed by atoms with E-state index in [4.69, 9.17) is 4.52 Å². The molecule has 0 atom stereocenters. The molecule has 27 heavy (non-hydrogen) atoms. The standard InChI is InChI=1S/C17H16N8O2/c1-11-21-17(27-23-11)12-3-5-18-14(7-12)13-8-20-25(9-13)10-16(26)22-15-4-6-19-24(15)2/h3-9H,10H2,1-2H3,(H,22,26). The Morgan fingerprint density at radius 3 is 2.85 bits per heavy atom. The molecule has 0 bridgehead atoms. The number of nitrogens with one attached hydrogen (secondary N) is 1. The molecule has 4 heterocycles. The van der Waals surface area contributed by atoms with Crippen LogP contribution in [0.3, 0.4) is 0 Å². The van der Waals surface area contributed by atoms with Crippen LogP contribution in [0.2, 0.25) is 0 Å². The van der Waals surface area contributed by atoms with E-state index in [0.29, 0.717) is 23.2 Å². The molecule has 4 aromatic heterocycles. The predicted molar refractivity (Wildman–Crippen MR) is 95.3 cm³/mol. The number of hydrogen-bond donors (Lipinski definition) is 1. The Bertz CT molecular complexity index is 1090. The largest absolute Gasteiger partial charge is 0.334 e. The third-order valence-electron chi connectivity index (χ3n) is 3.86. The first-order valence-electron chi connectivity index (χ1n) is 8.16. The molecule has 0 saturated carbocycles. The Labute approximate surface area is 153 Å². The van der Waals surface area contributed by atoms with Crippen LogP contribution in [0.5, 0.6) is 0 Å². The lowest BCUT2D eigenvalue weighted by Crippen LogP contribution is -2.20. The third-order valence-corrected chi connectivity index (χ3v) is 3.86. The molecule has 0 aliphatic carbocycles. The van der Waals surface area contributed by atoms with Crippen molar-refractivity contribution >= 4 is 11.7 Å². The summed E-state index contributed by atoms with van der Waals surface area (Å²) in [6.07, 6.45) is 6.69. The van der Waals surface area contributed by atoms with E-state index in [1.54, 1.807) is 60.3 Å². The molecule has 4 rings (SSSR count). The number of pyridine rings is 1. The van der Waals surface area contributed by atoms with Crippen molar-refractivity contribution in [3.63, 3.8) is 0 Å². The van der Waals surface area contributed by atoms with Crippen molar-refractivity contribution in [2.75, 3.05) is 5.32 Å². The summed E-state index contributed by atoms with van der Waals surface area (Å²) in [5.74, 6) is 1.42. The van der Waals surface area contributed by atoms with Gasteiger partial charge >= 0.3 is 0 Å². The summed E-state index contributed by atoms with van der Waals surface area (Å²) in [5, 5.41) is 14.8. The summed E-state index contributed by atoms with van der Waals surface area (Å²) < 4.78 is 8.32. The zero-order valence-corrected chi connectivity index (χ0v) is 14.7. The predicted octanol–water partition coefficient (Wildman–Crippen LogP) is 1.68. The molecule has 0 spiro atoms. The Kier molecular flexibility index (Phi) is 4.21. The molecule has 0 unspecified atom stereocenters. The molecule has 4 aromatic rings. The highest BCUT2D eigenvalue weighted by Gasteiger charge is 2.11. The fraction of sp³-hybridized carbons (Fsp3) is 0.176. The van der Waals surface area contributed by atoms with Gasteiger partial charge in [-0.1, -0.05) is 5.16 Å². The average Bonchev–Trinajstić information content (AvgIpc) is 3.38. The van der Waals surface area contributed by atoms with Crippen molar-refractivity contribution in [1.82, 2.24) is 34.7 Å². The van der Waals surface area contributed by atoms with Gasteiger partial charge in [-0.25, -0.2) is 0 Å². The third kappa shape index (κ3) is 3.59. The maximum atomic E-state index is 12.2. The van der Waals surface area contributed by atoms with Gasteiger partial charge in [-0.2, -0.15) is 15.2 Å². The highest BCUT2D eigenvalue weighted by molar-refractivity contribution is 5.89. The summed E-state index contributed by atoms with van der Waals surface area (Å²) in [5.41, 5.74) is 2.24. The van der Waals surface area contributed by atoms with Gasteiger partial charge in [0.2, 0.25) is 5.91 Å². The SMILES string of the molecule is Cc1noc(-c2ccnc(-c3cnn(CC(=O)Nc4ccnn4C)c3)c2)n1. The maximum absolute atomic E-state index is 12.2. The second-order valence-corrected chi connectivity index (χ2v) is 5.89. The van der Waals surface area contributed by atoms with Gasteiger partial charge in [-0.15, -0.1) is 0 Å². The monoisotopic (exact) mass is 364 g/mol. The molecular formula is C17H16N8O2. The number of aryl methyl sites for hydroxylation is 2. The normalized spacial score (nSPS) is 10.9. The lowest BCUT2D eigenvalue weighted by molar-refractivity contribution is -0.116. The van der Waals surface area contributed by atoms with E-state index in [9.17, 15) is 4.79 Å². The molecule has 10 heteroatoms. The van der Waals surface area contributed by atoms with Gasteiger partial charge in [0.05, 0.1) is 18.1 Å². The quantitative estimate of drug-likeness (QED) is 0.572. The summed E-state index contributed by atoms with van der Waals surface area (Å²) >= 11 is 0. The highest BCUT2D eigenvalue weighted by atomic mass is 16.5. The van der Waals surface area contributed by atoms with Gasteiger partial charge in [-0.05, 0) is 19.1 Å². The minimum absolute atomic E-state index is 0.0771. The molecule has 10 nitrogen and oxygen atoms in total. The van der Waals surface area contributed by atoms with Crippen molar-refractivity contribution < 1.29 is 9.32 Å². The lowest BCUT2D eigenvalue weighted by atomic mass is 10.1. The molecule has 0 aliphatic heterocycles. The van der Waals surface area contributed by atoms with Crippen molar-refractivity contribution in [1.29, 1.82) is 0 Å². The molecule has 1 N–H and O–H groups in total. The Hall–Kier alpha value is -3.82. The van der Waals surface area contributed by atoms with E-state index in [2.05, 4.69) is 30.6 Å². The van der Waals surface area contributed by atoms with Crippen LogP contribution in [-0.4, -0.2) is 40.6 Å². The first-order chi connectivity index (χ1) is 13.1. The van der Waals surface area contributed by atoms with E-state index in [0.717, 1.165) is 11.1 Å². The first kappa shape index (κ1) is 16.6. The average molecular weight is 364 g/mol. The lowest BCUT2D eigenvalue weighted by Gasteiger charge is -2.05. The zero-order valence-electron chi connectivity index (χ0n) is 14.7. The molecule has 0 saturated heterocycles. The topological polar surface area (TPSA) is 117 Å². The van der Waals surface area contributed by atoms with Crippen LogP contribution in [0.25, 0.3) is 22.7 Å². The number of aromatic nitrogens is 7. The molecule has 0 radical (unpaired) electrons. The van der Waals surface area contributed by atoms with Crippen LogP contribution in [0.1, 0.15) is 5.82 Å². The van der Waals surface area contributed by atoms with Gasteiger partial charge in [0.1, 0.15) is 12.4 Å². The van der Waals surface area contributed by atoms with E-state index in [1.165, 1.54) is 0 Å². The number of anilines is 1. The van der Waals surface area contributed by atoms with Crippen LogP contribution < -0.4 is 5.32 Å². The number of nitrogens with zero attached hydrogens (tertiary/aromatic N) is 7. The van der Waals surface area contributed by atoms with E-state index >= 15 is 0 Å². The molecule has 136 valence electrons. The molecule has 1 amide bonds. The summed E-state index contributed by atoms with van der Waals surface area (Å²) in [4.78, 5) is 20.7. The fourth-order valence-corrected chi connectivity index (χ4v) is 2.54. The molecule has 0 aliphatic rings. The number of carbonyl (C=O) groups excluding carboxylic acids is 1. The van der Waals surface area contributed by atoms with Gasteiger partial charge in [0, 0.05) is 36.6 Å². The summed E-state index contributed by atoms with van der Waals surface area (Å²) in [6, 6.07) is 5.35. The van der Waals surface area contributed by atoms with Crippen LogP contribution in [-0.2, 0) is 18.4 Å². The minimum Gasteiger partial charge on any atom is -0.334 e. The van der Waals surface area contributed by atoms with Crippen LogP contribution >= 0.6 is 0 Å². The Morgan fingerprint density at radius 2 is 2.11 bits per heavy atom. The summed E-state index contributed by atoms with van der Waals surface area (Å²) in [6.45, 7) is 1.84. The zero-order chi connectivity index (χ0) is 18.8. The number of rotatable bonds is 5. The van der Waals surface area contributed by atoms with Gasteiger partial charge in [0.25, 0.3) is 5.89 Å². The first-order valence-corrected chi connectivity index (χ1v) is 8.16. The Balaban J connectivity index is 1.49. The fourth-order valence-electron chi connectivity index (χ4n) is 2.54. The smallest absolute Gasteiger partial charge is 0.258 e. The van der Waals surface area contributed by atoms with E-state index < -0.39 is 0 Å². The van der Waals surface area contributed by atoms with Crippen molar-refractivity contribution in [3.05, 3.63) is 48.8 Å². The van der Waals surface area contributed by atoms with Gasteiger partial charge in [-0.3, -0.25) is 19.1 Å². The van der Waals surface area contributed by atoms with Crippen molar-refractivity contribution in [2.24, 2.45) is 7.05 Å². The van der Waals surface area contributed by atoms with E-state index in [-0.39, 0.29) is 12.5 Å². The highest BCUT2D eigenvalue weighted by Crippen LogP contribution is 2.23. The second-order valence-electron chi connectivity index (χ2n) is 5.89. The van der Waals surface area contributed by atoms with Gasteiger partial charge < -0.3 is 9.84 Å².